The van der Waals surface area contributed by atoms with E-state index in [1.54, 1.807) is 0 Å². The van der Waals surface area contributed by atoms with Crippen molar-refractivity contribution in [2.75, 3.05) is 7.05 Å². The molecule has 0 aliphatic carbocycles. The number of fused-ring (bicyclic) bond motifs is 2. The standard InChI is InChI=1S/C13H21N3O/c1-3-16-8-9(7-15-16)13(14-2)11-6-10-4-5-12(11)17-10/h7-8,10-14H,3-6H2,1-2H3. The fourth-order valence-electron chi connectivity index (χ4n) is 3.37. The van der Waals surface area contributed by atoms with Gasteiger partial charge in [-0.15, -0.1) is 0 Å². The van der Waals surface area contributed by atoms with E-state index in [0.717, 1.165) is 6.54 Å². The van der Waals surface area contributed by atoms with Gasteiger partial charge in [-0.1, -0.05) is 0 Å². The van der Waals surface area contributed by atoms with Gasteiger partial charge < -0.3 is 10.1 Å². The van der Waals surface area contributed by atoms with Crippen LogP contribution < -0.4 is 5.32 Å². The third-order valence-corrected chi connectivity index (χ3v) is 4.23. The lowest BCUT2D eigenvalue weighted by Gasteiger charge is -2.27. The van der Waals surface area contributed by atoms with E-state index in [9.17, 15) is 0 Å². The van der Waals surface area contributed by atoms with E-state index < -0.39 is 0 Å². The average Bonchev–Trinajstić information content (AvgIpc) is 3.05. The molecule has 4 heteroatoms. The van der Waals surface area contributed by atoms with Gasteiger partial charge in [-0.05, 0) is 33.2 Å². The molecule has 2 bridgehead atoms. The normalized spacial score (nSPS) is 33.2. The summed E-state index contributed by atoms with van der Waals surface area (Å²) in [5.74, 6) is 0.619. The summed E-state index contributed by atoms with van der Waals surface area (Å²) >= 11 is 0. The number of rotatable bonds is 4. The van der Waals surface area contributed by atoms with Gasteiger partial charge in [0.25, 0.3) is 0 Å². The lowest BCUT2D eigenvalue weighted by molar-refractivity contribution is 0.0863. The minimum Gasteiger partial charge on any atom is -0.375 e. The Morgan fingerprint density at radius 2 is 2.47 bits per heavy atom. The smallest absolute Gasteiger partial charge is 0.0627 e. The van der Waals surface area contributed by atoms with Gasteiger partial charge in [0.1, 0.15) is 0 Å². The second-order valence-corrected chi connectivity index (χ2v) is 5.17. The topological polar surface area (TPSA) is 39.1 Å². The van der Waals surface area contributed by atoms with Crippen LogP contribution in [0.4, 0.5) is 0 Å². The van der Waals surface area contributed by atoms with Crippen LogP contribution in [-0.4, -0.2) is 29.0 Å². The van der Waals surface area contributed by atoms with Crippen molar-refractivity contribution in [2.45, 2.75) is 51.0 Å². The van der Waals surface area contributed by atoms with Gasteiger partial charge in [0.15, 0.2) is 0 Å². The SMILES string of the molecule is CCn1cc(C(NC)C2CC3CCC2O3)cn1. The Kier molecular flexibility index (Phi) is 2.92. The molecule has 94 valence electrons. The summed E-state index contributed by atoms with van der Waals surface area (Å²) in [7, 11) is 2.04. The summed E-state index contributed by atoms with van der Waals surface area (Å²) in [6.45, 7) is 3.05. The molecule has 2 fully saturated rings. The molecule has 4 atom stereocenters. The molecule has 0 aromatic carbocycles. The maximum atomic E-state index is 5.96. The number of aryl methyl sites for hydroxylation is 1. The van der Waals surface area contributed by atoms with Crippen molar-refractivity contribution in [3.63, 3.8) is 0 Å². The Morgan fingerprint density at radius 3 is 3.00 bits per heavy atom. The fraction of sp³-hybridized carbons (Fsp3) is 0.769. The van der Waals surface area contributed by atoms with Gasteiger partial charge in [-0.2, -0.15) is 5.10 Å². The van der Waals surface area contributed by atoms with E-state index >= 15 is 0 Å². The molecule has 17 heavy (non-hydrogen) atoms. The summed E-state index contributed by atoms with van der Waals surface area (Å²) in [5.41, 5.74) is 1.30. The average molecular weight is 235 g/mol. The third-order valence-electron chi connectivity index (χ3n) is 4.23. The molecule has 1 aromatic rings. The fourth-order valence-corrected chi connectivity index (χ4v) is 3.37. The molecule has 4 unspecified atom stereocenters. The van der Waals surface area contributed by atoms with Crippen molar-refractivity contribution in [3.8, 4) is 0 Å². The first-order chi connectivity index (χ1) is 8.31. The van der Waals surface area contributed by atoms with Crippen molar-refractivity contribution in [1.29, 1.82) is 0 Å². The molecule has 2 saturated heterocycles. The molecule has 0 radical (unpaired) electrons. The van der Waals surface area contributed by atoms with Gasteiger partial charge in [0.05, 0.1) is 18.4 Å². The van der Waals surface area contributed by atoms with Gasteiger partial charge in [-0.25, -0.2) is 0 Å². The molecule has 4 nitrogen and oxygen atoms in total. The highest BCUT2D eigenvalue weighted by Crippen LogP contribution is 2.44. The molecule has 2 aliphatic rings. The monoisotopic (exact) mass is 235 g/mol. The minimum absolute atomic E-state index is 0.394. The quantitative estimate of drug-likeness (QED) is 0.864. The maximum Gasteiger partial charge on any atom is 0.0627 e. The molecule has 3 heterocycles. The van der Waals surface area contributed by atoms with Crippen LogP contribution >= 0.6 is 0 Å². The Morgan fingerprint density at radius 1 is 1.59 bits per heavy atom. The summed E-state index contributed by atoms with van der Waals surface area (Å²) in [5, 5.41) is 7.82. The zero-order valence-corrected chi connectivity index (χ0v) is 10.6. The van der Waals surface area contributed by atoms with E-state index in [1.165, 1.54) is 24.8 Å². The first-order valence-electron chi connectivity index (χ1n) is 6.67. The summed E-state index contributed by atoms with van der Waals surface area (Å²) in [6.07, 6.45) is 8.82. The lowest BCUT2D eigenvalue weighted by atomic mass is 9.82. The Bertz CT molecular complexity index is 390. The van der Waals surface area contributed by atoms with Crippen LogP contribution in [0.3, 0.4) is 0 Å². The molecule has 1 N–H and O–H groups in total. The highest BCUT2D eigenvalue weighted by Gasteiger charge is 2.44. The van der Waals surface area contributed by atoms with E-state index in [0.29, 0.717) is 24.2 Å². The second kappa shape index (κ2) is 4.42. The van der Waals surface area contributed by atoms with Gasteiger partial charge in [0.2, 0.25) is 0 Å². The largest absolute Gasteiger partial charge is 0.375 e. The first-order valence-corrected chi connectivity index (χ1v) is 6.67. The molecule has 0 spiro atoms. The molecule has 1 aromatic heterocycles. The molecule has 0 saturated carbocycles. The second-order valence-electron chi connectivity index (χ2n) is 5.17. The number of hydrogen-bond donors (Lipinski definition) is 1. The highest BCUT2D eigenvalue weighted by molar-refractivity contribution is 5.14. The van der Waals surface area contributed by atoms with Crippen molar-refractivity contribution >= 4 is 0 Å². The van der Waals surface area contributed by atoms with Crippen molar-refractivity contribution in [1.82, 2.24) is 15.1 Å². The molecular weight excluding hydrogens is 214 g/mol. The molecule has 2 aliphatic heterocycles. The Balaban J connectivity index is 1.79. The molecule has 3 rings (SSSR count). The predicted molar refractivity (Wildman–Crippen MR) is 65.7 cm³/mol. The number of nitrogens with one attached hydrogen (secondary N) is 1. The van der Waals surface area contributed by atoms with Crippen LogP contribution in [0, 0.1) is 5.92 Å². The summed E-state index contributed by atoms with van der Waals surface area (Å²) in [6, 6.07) is 0.394. The van der Waals surface area contributed by atoms with Crippen LogP contribution in [0.5, 0.6) is 0 Å². The third kappa shape index (κ3) is 1.89. The lowest BCUT2D eigenvalue weighted by Crippen LogP contribution is -2.31. The number of nitrogens with zero attached hydrogens (tertiary/aromatic N) is 2. The number of ether oxygens (including phenoxy) is 1. The highest BCUT2D eigenvalue weighted by atomic mass is 16.5. The zero-order valence-electron chi connectivity index (χ0n) is 10.6. The van der Waals surface area contributed by atoms with Gasteiger partial charge >= 0.3 is 0 Å². The van der Waals surface area contributed by atoms with Gasteiger partial charge in [0, 0.05) is 30.3 Å². The van der Waals surface area contributed by atoms with E-state index in [2.05, 4.69) is 23.5 Å². The minimum atomic E-state index is 0.394. The zero-order chi connectivity index (χ0) is 11.8. The van der Waals surface area contributed by atoms with Crippen LogP contribution in [0.2, 0.25) is 0 Å². The maximum absolute atomic E-state index is 5.96. The number of aromatic nitrogens is 2. The van der Waals surface area contributed by atoms with Crippen LogP contribution in [0.1, 0.15) is 37.8 Å². The Hall–Kier alpha value is -0.870. The van der Waals surface area contributed by atoms with Crippen molar-refractivity contribution < 1.29 is 4.74 Å². The van der Waals surface area contributed by atoms with Crippen LogP contribution in [-0.2, 0) is 11.3 Å². The van der Waals surface area contributed by atoms with E-state index in [1.807, 2.05) is 17.9 Å². The Labute approximate surface area is 102 Å². The number of hydrogen-bond acceptors (Lipinski definition) is 3. The summed E-state index contributed by atoms with van der Waals surface area (Å²) in [4.78, 5) is 0. The molecular formula is C13H21N3O. The van der Waals surface area contributed by atoms with Crippen LogP contribution in [0.25, 0.3) is 0 Å². The van der Waals surface area contributed by atoms with E-state index in [-0.39, 0.29) is 0 Å². The molecule has 0 amide bonds. The van der Waals surface area contributed by atoms with Crippen molar-refractivity contribution in [2.24, 2.45) is 5.92 Å². The predicted octanol–water partition coefficient (Wildman–Crippen LogP) is 1.73. The summed E-state index contributed by atoms with van der Waals surface area (Å²) < 4.78 is 7.95. The van der Waals surface area contributed by atoms with Crippen LogP contribution in [0.15, 0.2) is 12.4 Å². The first kappa shape index (κ1) is 11.2. The van der Waals surface area contributed by atoms with Crippen molar-refractivity contribution in [3.05, 3.63) is 18.0 Å². The van der Waals surface area contributed by atoms with Gasteiger partial charge in [-0.3, -0.25) is 4.68 Å². The van der Waals surface area contributed by atoms with E-state index in [4.69, 9.17) is 4.74 Å².